The van der Waals surface area contributed by atoms with Gasteiger partial charge in [0.2, 0.25) is 5.91 Å². The number of hydrogen-bond donors (Lipinski definition) is 2. The number of nitrogens with one attached hydrogen (secondary N) is 1. The number of amides is 1. The van der Waals surface area contributed by atoms with Gasteiger partial charge in [0.05, 0.1) is 10.8 Å². The fourth-order valence-corrected chi connectivity index (χ4v) is 4.37. The second-order valence-corrected chi connectivity index (χ2v) is 7.73. The molecule has 0 aromatic carbocycles. The van der Waals surface area contributed by atoms with Crippen molar-refractivity contribution in [2.45, 2.75) is 63.2 Å². The van der Waals surface area contributed by atoms with Crippen LogP contribution in [0.25, 0.3) is 0 Å². The van der Waals surface area contributed by atoms with Gasteiger partial charge in [-0.3, -0.25) is 4.79 Å². The van der Waals surface area contributed by atoms with E-state index in [0.29, 0.717) is 32.2 Å². The van der Waals surface area contributed by atoms with Crippen LogP contribution in [0.5, 0.6) is 0 Å². The molecule has 1 aliphatic carbocycles. The van der Waals surface area contributed by atoms with E-state index in [1.165, 1.54) is 0 Å². The summed E-state index contributed by atoms with van der Waals surface area (Å²) in [5.74, 6) is -0.819. The van der Waals surface area contributed by atoms with Crippen LogP contribution in [0.3, 0.4) is 0 Å². The molecule has 0 aromatic rings. The average Bonchev–Trinajstić information content (AvgIpc) is 2.90. The largest absolute Gasteiger partial charge is 0.349 e. The monoisotopic (exact) mass is 290 g/mol. The highest BCUT2D eigenvalue weighted by molar-refractivity contribution is 7.92. The van der Waals surface area contributed by atoms with Crippen molar-refractivity contribution in [1.29, 1.82) is 0 Å². The van der Waals surface area contributed by atoms with Crippen molar-refractivity contribution in [3.05, 3.63) is 0 Å². The Hall–Kier alpha value is -0.620. The van der Waals surface area contributed by atoms with Gasteiger partial charge in [-0.25, -0.2) is 8.42 Å². The van der Waals surface area contributed by atoms with Gasteiger partial charge in [0.25, 0.3) is 0 Å². The van der Waals surface area contributed by atoms with Crippen molar-refractivity contribution in [1.82, 2.24) is 5.32 Å². The zero-order chi connectivity index (χ0) is 14.5. The third-order valence-corrected chi connectivity index (χ3v) is 6.44. The summed E-state index contributed by atoms with van der Waals surface area (Å²) in [6, 6.07) is 0. The molecule has 0 saturated heterocycles. The molecule has 1 saturated carbocycles. The van der Waals surface area contributed by atoms with Gasteiger partial charge < -0.3 is 11.1 Å². The Labute approximate surface area is 116 Å². The van der Waals surface area contributed by atoms with Crippen LogP contribution in [0, 0.1) is 0 Å². The van der Waals surface area contributed by atoms with Crippen LogP contribution >= 0.6 is 0 Å². The van der Waals surface area contributed by atoms with E-state index in [0.717, 1.165) is 12.8 Å². The molecular formula is C13H26N2O3S. The molecule has 5 nitrogen and oxygen atoms in total. The molecule has 1 fully saturated rings. The van der Waals surface area contributed by atoms with Crippen molar-refractivity contribution in [2.24, 2.45) is 5.73 Å². The Bertz CT molecular complexity index is 388. The molecule has 1 aliphatic rings. The number of carbonyl (C=O) groups excluding carboxylic acids is 1. The number of nitrogens with two attached hydrogens (primary N) is 1. The van der Waals surface area contributed by atoms with Crippen LogP contribution < -0.4 is 11.1 Å². The standard InChI is InChI=1S/C13H26N2O3S/c1-3-13(4-2,10-14)15-12(16)9-19(17,18)11-7-5-6-8-11/h11H,3-10,14H2,1-2H3,(H,15,16). The molecule has 0 radical (unpaired) electrons. The predicted molar refractivity (Wildman–Crippen MR) is 76.6 cm³/mol. The zero-order valence-corrected chi connectivity index (χ0v) is 12.8. The number of hydrogen-bond acceptors (Lipinski definition) is 4. The summed E-state index contributed by atoms with van der Waals surface area (Å²) in [7, 11) is -3.31. The molecule has 6 heteroatoms. The fourth-order valence-electron chi connectivity index (χ4n) is 2.65. The first kappa shape index (κ1) is 16.4. The summed E-state index contributed by atoms with van der Waals surface area (Å²) >= 11 is 0. The molecule has 112 valence electrons. The summed E-state index contributed by atoms with van der Waals surface area (Å²) in [6.45, 7) is 4.22. The van der Waals surface area contributed by atoms with Crippen LogP contribution in [0.1, 0.15) is 52.4 Å². The molecule has 1 amide bonds. The first-order chi connectivity index (χ1) is 8.89. The molecule has 0 unspecified atom stereocenters. The van der Waals surface area contributed by atoms with E-state index < -0.39 is 27.0 Å². The quantitative estimate of drug-likeness (QED) is 0.731. The molecule has 0 heterocycles. The van der Waals surface area contributed by atoms with Gasteiger partial charge in [-0.05, 0) is 25.7 Å². The normalized spacial score (nSPS) is 17.6. The molecule has 1 rings (SSSR count). The smallest absolute Gasteiger partial charge is 0.235 e. The van der Waals surface area contributed by atoms with Crippen LogP contribution in [0.2, 0.25) is 0 Å². The second-order valence-electron chi connectivity index (χ2n) is 5.45. The van der Waals surface area contributed by atoms with E-state index in [1.54, 1.807) is 0 Å². The van der Waals surface area contributed by atoms with Crippen LogP contribution in [0.15, 0.2) is 0 Å². The van der Waals surface area contributed by atoms with E-state index in [-0.39, 0.29) is 5.25 Å². The minimum atomic E-state index is -3.31. The van der Waals surface area contributed by atoms with Gasteiger partial charge in [-0.15, -0.1) is 0 Å². The maximum absolute atomic E-state index is 12.1. The van der Waals surface area contributed by atoms with Gasteiger partial charge in [-0.1, -0.05) is 26.7 Å². The van der Waals surface area contributed by atoms with Crippen molar-refractivity contribution >= 4 is 15.7 Å². The highest BCUT2D eigenvalue weighted by Gasteiger charge is 2.33. The number of carbonyl (C=O) groups is 1. The van der Waals surface area contributed by atoms with Gasteiger partial charge in [0.1, 0.15) is 5.75 Å². The van der Waals surface area contributed by atoms with E-state index in [1.807, 2.05) is 13.8 Å². The molecular weight excluding hydrogens is 264 g/mol. The van der Waals surface area contributed by atoms with Gasteiger partial charge in [0.15, 0.2) is 9.84 Å². The zero-order valence-electron chi connectivity index (χ0n) is 11.9. The SMILES string of the molecule is CCC(CC)(CN)NC(=O)CS(=O)(=O)C1CCCC1. The summed E-state index contributed by atoms with van der Waals surface area (Å²) in [5, 5.41) is 2.49. The predicted octanol–water partition coefficient (Wildman–Crippen LogP) is 0.978. The molecule has 19 heavy (non-hydrogen) atoms. The van der Waals surface area contributed by atoms with Crippen molar-refractivity contribution < 1.29 is 13.2 Å². The first-order valence-electron chi connectivity index (χ1n) is 7.12. The summed E-state index contributed by atoms with van der Waals surface area (Å²) < 4.78 is 24.2. The highest BCUT2D eigenvalue weighted by Crippen LogP contribution is 2.25. The third kappa shape index (κ3) is 4.18. The lowest BCUT2D eigenvalue weighted by molar-refractivity contribution is -0.120. The lowest BCUT2D eigenvalue weighted by atomic mass is 9.93. The van der Waals surface area contributed by atoms with Crippen molar-refractivity contribution in [3.8, 4) is 0 Å². The van der Waals surface area contributed by atoms with Crippen molar-refractivity contribution in [2.75, 3.05) is 12.3 Å². The first-order valence-corrected chi connectivity index (χ1v) is 8.83. The highest BCUT2D eigenvalue weighted by atomic mass is 32.2. The van der Waals surface area contributed by atoms with Crippen LogP contribution in [-0.2, 0) is 14.6 Å². The van der Waals surface area contributed by atoms with E-state index in [2.05, 4.69) is 5.32 Å². The van der Waals surface area contributed by atoms with Crippen molar-refractivity contribution in [3.63, 3.8) is 0 Å². The van der Waals surface area contributed by atoms with Crippen LogP contribution in [0.4, 0.5) is 0 Å². The second kappa shape index (κ2) is 6.70. The Kier molecular flexibility index (Phi) is 5.80. The maximum atomic E-state index is 12.1. The third-order valence-electron chi connectivity index (χ3n) is 4.29. The molecule has 0 aliphatic heterocycles. The van der Waals surface area contributed by atoms with E-state index in [9.17, 15) is 13.2 Å². The minimum Gasteiger partial charge on any atom is -0.349 e. The Morgan fingerprint density at radius 3 is 2.21 bits per heavy atom. The minimum absolute atomic E-state index is 0.325. The Morgan fingerprint density at radius 2 is 1.79 bits per heavy atom. The number of sulfone groups is 1. The number of rotatable bonds is 7. The molecule has 0 aromatic heterocycles. The fraction of sp³-hybridized carbons (Fsp3) is 0.923. The average molecular weight is 290 g/mol. The maximum Gasteiger partial charge on any atom is 0.235 e. The van der Waals surface area contributed by atoms with E-state index in [4.69, 9.17) is 5.73 Å². The Balaban J connectivity index is 2.64. The van der Waals surface area contributed by atoms with Gasteiger partial charge in [0, 0.05) is 6.54 Å². The van der Waals surface area contributed by atoms with Gasteiger partial charge >= 0.3 is 0 Å². The molecule has 3 N–H and O–H groups in total. The molecule has 0 spiro atoms. The molecule has 0 bridgehead atoms. The lowest BCUT2D eigenvalue weighted by Crippen LogP contribution is -2.54. The summed E-state index contributed by atoms with van der Waals surface area (Å²) in [5.41, 5.74) is 5.23. The molecule has 0 atom stereocenters. The Morgan fingerprint density at radius 1 is 1.26 bits per heavy atom. The van der Waals surface area contributed by atoms with E-state index >= 15 is 0 Å². The van der Waals surface area contributed by atoms with Crippen LogP contribution in [-0.4, -0.2) is 37.4 Å². The lowest BCUT2D eigenvalue weighted by Gasteiger charge is -2.31. The summed E-state index contributed by atoms with van der Waals surface area (Å²) in [6.07, 6.45) is 4.69. The summed E-state index contributed by atoms with van der Waals surface area (Å²) in [4.78, 5) is 12.0. The topological polar surface area (TPSA) is 89.3 Å². The van der Waals surface area contributed by atoms with Gasteiger partial charge in [-0.2, -0.15) is 0 Å².